The molecule has 4 nitrogen and oxygen atoms in total. The lowest BCUT2D eigenvalue weighted by Gasteiger charge is -2.26. The van der Waals surface area contributed by atoms with E-state index in [1.54, 1.807) is 0 Å². The quantitative estimate of drug-likeness (QED) is 0.877. The van der Waals surface area contributed by atoms with E-state index in [0.717, 1.165) is 26.1 Å². The predicted octanol–water partition coefficient (Wildman–Crippen LogP) is 1.48. The second-order valence-electron chi connectivity index (χ2n) is 5.96. The largest absolute Gasteiger partial charge is 0.384 e. The van der Waals surface area contributed by atoms with Gasteiger partial charge in [-0.25, -0.2) is 0 Å². The third kappa shape index (κ3) is 2.80. The average Bonchev–Trinajstić information content (AvgIpc) is 2.89. The smallest absolute Gasteiger partial charge is 0.225 e. The van der Waals surface area contributed by atoms with E-state index >= 15 is 0 Å². The van der Waals surface area contributed by atoms with Crippen LogP contribution in [0.2, 0.25) is 0 Å². The number of hydrogen-bond donors (Lipinski definition) is 2. The Balaban J connectivity index is 1.54. The molecule has 0 bridgehead atoms. The van der Waals surface area contributed by atoms with Gasteiger partial charge in [-0.2, -0.15) is 0 Å². The van der Waals surface area contributed by atoms with Gasteiger partial charge in [0, 0.05) is 24.8 Å². The first-order valence-corrected chi connectivity index (χ1v) is 7.54. The molecule has 0 radical (unpaired) electrons. The van der Waals surface area contributed by atoms with Crippen molar-refractivity contribution < 1.29 is 4.79 Å². The number of nitrogens with one attached hydrogen (secondary N) is 2. The van der Waals surface area contributed by atoms with Crippen LogP contribution in [-0.4, -0.2) is 43.5 Å². The van der Waals surface area contributed by atoms with Gasteiger partial charge in [-0.1, -0.05) is 18.2 Å². The summed E-state index contributed by atoms with van der Waals surface area (Å²) in [5.41, 5.74) is 2.42. The summed E-state index contributed by atoms with van der Waals surface area (Å²) in [5, 5.41) is 6.49. The van der Waals surface area contributed by atoms with Crippen LogP contribution in [0, 0.1) is 5.92 Å². The summed E-state index contributed by atoms with van der Waals surface area (Å²) in [5.74, 6) is 0.240. The molecule has 2 atom stereocenters. The predicted molar refractivity (Wildman–Crippen MR) is 80.8 cm³/mol. The Kier molecular flexibility index (Phi) is 3.92. The molecule has 0 spiro atoms. The van der Waals surface area contributed by atoms with Crippen molar-refractivity contribution in [1.82, 2.24) is 10.2 Å². The fourth-order valence-electron chi connectivity index (χ4n) is 3.23. The fraction of sp³-hybridized carbons (Fsp3) is 0.562. The van der Waals surface area contributed by atoms with Gasteiger partial charge < -0.3 is 15.5 Å². The Bertz CT molecular complexity index is 488. The summed E-state index contributed by atoms with van der Waals surface area (Å²) in [4.78, 5) is 14.6. The summed E-state index contributed by atoms with van der Waals surface area (Å²) in [6.07, 6.45) is 3.29. The number of fused-ring (bicyclic) bond motifs is 1. The number of nitrogens with zero attached hydrogens (tertiary/aromatic N) is 1. The zero-order valence-corrected chi connectivity index (χ0v) is 12.1. The Labute approximate surface area is 120 Å². The molecule has 1 aromatic carbocycles. The van der Waals surface area contributed by atoms with Crippen molar-refractivity contribution in [2.45, 2.75) is 25.3 Å². The van der Waals surface area contributed by atoms with E-state index in [4.69, 9.17) is 0 Å². The molecule has 0 aromatic heterocycles. The van der Waals surface area contributed by atoms with Gasteiger partial charge in [0.15, 0.2) is 0 Å². The summed E-state index contributed by atoms with van der Waals surface area (Å²) < 4.78 is 0. The molecule has 2 N–H and O–H groups in total. The van der Waals surface area contributed by atoms with Crippen LogP contribution in [0.4, 0.5) is 5.69 Å². The maximum Gasteiger partial charge on any atom is 0.225 e. The standard InChI is InChI=1S/C16H23N3O/c1-19-8-4-6-14(19)11-18-16(20)13-9-12-5-2-3-7-15(12)17-10-13/h2-3,5,7,13-14,17H,4,6,8-11H2,1H3,(H,18,20). The van der Waals surface area contributed by atoms with Crippen LogP contribution < -0.4 is 10.6 Å². The summed E-state index contributed by atoms with van der Waals surface area (Å²) in [6.45, 7) is 2.68. The minimum absolute atomic E-state index is 0.0524. The van der Waals surface area contributed by atoms with E-state index in [-0.39, 0.29) is 11.8 Å². The first-order valence-electron chi connectivity index (χ1n) is 7.54. The number of carbonyl (C=O) groups is 1. The molecule has 20 heavy (non-hydrogen) atoms. The SMILES string of the molecule is CN1CCCC1CNC(=O)C1CNc2ccccc2C1. The number of para-hydroxylation sites is 1. The first-order chi connectivity index (χ1) is 9.74. The number of likely N-dealkylation sites (tertiary alicyclic amines) is 1. The second kappa shape index (κ2) is 5.83. The van der Waals surface area contributed by atoms with Crippen LogP contribution >= 0.6 is 0 Å². The highest BCUT2D eigenvalue weighted by molar-refractivity contribution is 5.80. The van der Waals surface area contributed by atoms with Gasteiger partial charge in [-0.15, -0.1) is 0 Å². The van der Waals surface area contributed by atoms with Gasteiger partial charge >= 0.3 is 0 Å². The molecule has 2 heterocycles. The molecule has 1 aromatic rings. The van der Waals surface area contributed by atoms with Crippen molar-refractivity contribution in [3.8, 4) is 0 Å². The number of carbonyl (C=O) groups excluding carboxylic acids is 1. The fourth-order valence-corrected chi connectivity index (χ4v) is 3.23. The number of anilines is 1. The van der Waals surface area contributed by atoms with Crippen molar-refractivity contribution in [1.29, 1.82) is 0 Å². The topological polar surface area (TPSA) is 44.4 Å². The lowest BCUT2D eigenvalue weighted by Crippen LogP contribution is -2.43. The Morgan fingerprint density at radius 1 is 1.45 bits per heavy atom. The van der Waals surface area contributed by atoms with E-state index < -0.39 is 0 Å². The molecule has 4 heteroatoms. The minimum Gasteiger partial charge on any atom is -0.384 e. The van der Waals surface area contributed by atoms with E-state index in [9.17, 15) is 4.79 Å². The number of benzene rings is 1. The molecule has 2 unspecified atom stereocenters. The van der Waals surface area contributed by atoms with Crippen LogP contribution in [0.15, 0.2) is 24.3 Å². The Morgan fingerprint density at radius 3 is 3.10 bits per heavy atom. The molecular formula is C16H23N3O. The average molecular weight is 273 g/mol. The summed E-state index contributed by atoms with van der Waals surface area (Å²) >= 11 is 0. The normalized spacial score (nSPS) is 25.9. The van der Waals surface area contributed by atoms with Gasteiger partial charge in [0.05, 0.1) is 5.92 Å². The number of rotatable bonds is 3. The third-order valence-electron chi connectivity index (χ3n) is 4.58. The monoisotopic (exact) mass is 273 g/mol. The third-order valence-corrected chi connectivity index (χ3v) is 4.58. The van der Waals surface area contributed by atoms with Crippen LogP contribution in [0.1, 0.15) is 18.4 Å². The number of hydrogen-bond acceptors (Lipinski definition) is 3. The van der Waals surface area contributed by atoms with Crippen molar-refractivity contribution in [2.24, 2.45) is 5.92 Å². The Hall–Kier alpha value is -1.55. The summed E-state index contributed by atoms with van der Waals surface area (Å²) in [7, 11) is 2.14. The molecule has 108 valence electrons. The van der Waals surface area contributed by atoms with Gasteiger partial charge in [-0.05, 0) is 44.5 Å². The van der Waals surface area contributed by atoms with Gasteiger partial charge in [0.25, 0.3) is 0 Å². The lowest BCUT2D eigenvalue weighted by molar-refractivity contribution is -0.124. The van der Waals surface area contributed by atoms with Crippen LogP contribution in [0.5, 0.6) is 0 Å². The molecule has 1 saturated heterocycles. The molecule has 0 aliphatic carbocycles. The first kappa shape index (κ1) is 13.4. The van der Waals surface area contributed by atoms with Crippen molar-refractivity contribution in [3.63, 3.8) is 0 Å². The van der Waals surface area contributed by atoms with E-state index in [1.165, 1.54) is 24.1 Å². The molecule has 1 fully saturated rings. The second-order valence-corrected chi connectivity index (χ2v) is 5.96. The molecular weight excluding hydrogens is 250 g/mol. The zero-order valence-electron chi connectivity index (χ0n) is 12.1. The van der Waals surface area contributed by atoms with Gasteiger partial charge in [0.2, 0.25) is 5.91 Å². The zero-order chi connectivity index (χ0) is 13.9. The maximum atomic E-state index is 12.3. The van der Waals surface area contributed by atoms with Gasteiger partial charge in [0.1, 0.15) is 0 Å². The maximum absolute atomic E-state index is 12.3. The summed E-state index contributed by atoms with van der Waals surface area (Å²) in [6, 6.07) is 8.77. The minimum atomic E-state index is 0.0524. The molecule has 3 rings (SSSR count). The van der Waals surface area contributed by atoms with E-state index in [2.05, 4.69) is 34.7 Å². The highest BCUT2D eigenvalue weighted by Gasteiger charge is 2.26. The van der Waals surface area contributed by atoms with Crippen LogP contribution in [0.3, 0.4) is 0 Å². The highest BCUT2D eigenvalue weighted by Crippen LogP contribution is 2.24. The van der Waals surface area contributed by atoms with Crippen molar-refractivity contribution in [2.75, 3.05) is 32.0 Å². The Morgan fingerprint density at radius 2 is 2.30 bits per heavy atom. The number of amides is 1. The van der Waals surface area contributed by atoms with Crippen LogP contribution in [0.25, 0.3) is 0 Å². The van der Waals surface area contributed by atoms with Crippen molar-refractivity contribution >= 4 is 11.6 Å². The van der Waals surface area contributed by atoms with E-state index in [1.807, 2.05) is 12.1 Å². The number of likely N-dealkylation sites (N-methyl/N-ethyl adjacent to an activating group) is 1. The van der Waals surface area contributed by atoms with Gasteiger partial charge in [-0.3, -0.25) is 4.79 Å². The van der Waals surface area contributed by atoms with E-state index in [0.29, 0.717) is 6.04 Å². The molecule has 1 amide bonds. The molecule has 0 saturated carbocycles. The van der Waals surface area contributed by atoms with Crippen molar-refractivity contribution in [3.05, 3.63) is 29.8 Å². The molecule has 2 aliphatic heterocycles. The molecule has 2 aliphatic rings. The highest BCUT2D eigenvalue weighted by atomic mass is 16.1. The lowest BCUT2D eigenvalue weighted by atomic mass is 9.93. The van der Waals surface area contributed by atoms with Crippen LogP contribution in [-0.2, 0) is 11.2 Å².